The zero-order valence-electron chi connectivity index (χ0n) is 17.3. The molecule has 1 unspecified atom stereocenters. The van der Waals surface area contributed by atoms with Crippen molar-refractivity contribution in [1.29, 1.82) is 0 Å². The summed E-state index contributed by atoms with van der Waals surface area (Å²) in [6.07, 6.45) is 12.4. The zero-order valence-corrected chi connectivity index (χ0v) is 19.6. The lowest BCUT2D eigenvalue weighted by Crippen LogP contribution is -2.45. The number of hydrogen-bond donors (Lipinski definition) is 2. The van der Waals surface area contributed by atoms with Crippen LogP contribution in [0, 0.1) is 0 Å². The minimum atomic E-state index is 0. The Morgan fingerprint density at radius 3 is 2.79 bits per heavy atom. The number of para-hydroxylation sites is 1. The van der Waals surface area contributed by atoms with E-state index in [0.29, 0.717) is 12.6 Å². The predicted octanol–water partition coefficient (Wildman–Crippen LogP) is 3.56. The third-order valence-corrected chi connectivity index (χ3v) is 5.93. The van der Waals surface area contributed by atoms with Crippen molar-refractivity contribution in [1.82, 2.24) is 25.1 Å². The molecule has 2 aromatic rings. The van der Waals surface area contributed by atoms with Crippen molar-refractivity contribution in [3.63, 3.8) is 0 Å². The van der Waals surface area contributed by atoms with E-state index in [1.807, 2.05) is 23.3 Å². The highest BCUT2D eigenvalue weighted by atomic mass is 127. The van der Waals surface area contributed by atoms with Gasteiger partial charge in [0.2, 0.25) is 0 Å². The average Bonchev–Trinajstić information content (AvgIpc) is 3.49. The number of aromatic nitrogens is 2. The summed E-state index contributed by atoms with van der Waals surface area (Å²) >= 11 is 0. The van der Waals surface area contributed by atoms with Crippen LogP contribution in [-0.2, 0) is 6.54 Å². The first-order chi connectivity index (χ1) is 13.8. The molecule has 158 valence electrons. The van der Waals surface area contributed by atoms with E-state index >= 15 is 0 Å². The number of imidazole rings is 1. The Morgan fingerprint density at radius 2 is 2.03 bits per heavy atom. The molecule has 2 heterocycles. The second kappa shape index (κ2) is 11.0. The Kier molecular flexibility index (Phi) is 8.35. The van der Waals surface area contributed by atoms with Crippen molar-refractivity contribution in [2.45, 2.75) is 57.7 Å². The normalized spacial score (nSPS) is 20.6. The summed E-state index contributed by atoms with van der Waals surface area (Å²) in [6, 6.07) is 9.68. The third-order valence-electron chi connectivity index (χ3n) is 5.93. The molecule has 1 atom stereocenters. The highest BCUT2D eigenvalue weighted by Gasteiger charge is 2.30. The topological polar surface area (TPSA) is 57.5 Å². The molecule has 2 aliphatic rings. The monoisotopic (exact) mass is 508 g/mol. The molecule has 1 saturated carbocycles. The van der Waals surface area contributed by atoms with Crippen LogP contribution in [-0.4, -0.2) is 52.1 Å². The fourth-order valence-corrected chi connectivity index (χ4v) is 4.48. The molecule has 6 nitrogen and oxygen atoms in total. The molecule has 2 N–H and O–H groups in total. The van der Waals surface area contributed by atoms with Gasteiger partial charge in [-0.25, -0.2) is 9.98 Å². The van der Waals surface area contributed by atoms with E-state index in [-0.39, 0.29) is 24.0 Å². The minimum absolute atomic E-state index is 0. The smallest absolute Gasteiger partial charge is 0.191 e. The molecule has 4 rings (SSSR count). The van der Waals surface area contributed by atoms with Crippen LogP contribution in [0.3, 0.4) is 0 Å². The molecule has 0 bridgehead atoms. The highest BCUT2D eigenvalue weighted by molar-refractivity contribution is 14.0. The van der Waals surface area contributed by atoms with Crippen LogP contribution in [0.2, 0.25) is 0 Å². The van der Waals surface area contributed by atoms with Crippen LogP contribution in [0.1, 0.15) is 44.6 Å². The number of hydrogen-bond acceptors (Lipinski definition) is 3. The number of halogens is 1. The molecular formula is C22H33IN6. The number of nitrogens with one attached hydrogen (secondary N) is 2. The lowest BCUT2D eigenvalue weighted by molar-refractivity contribution is 0.242. The number of aliphatic imine (C=N–C) groups is 1. The van der Waals surface area contributed by atoms with Crippen LogP contribution in [0.5, 0.6) is 0 Å². The van der Waals surface area contributed by atoms with Crippen molar-refractivity contribution in [2.24, 2.45) is 4.99 Å². The number of guanidine groups is 1. The zero-order chi connectivity index (χ0) is 19.2. The Morgan fingerprint density at radius 1 is 1.21 bits per heavy atom. The number of rotatable bonds is 6. The van der Waals surface area contributed by atoms with Crippen molar-refractivity contribution in [2.75, 3.05) is 19.6 Å². The number of nitrogens with zero attached hydrogens (tertiary/aromatic N) is 4. The largest absolute Gasteiger partial charge is 0.357 e. The summed E-state index contributed by atoms with van der Waals surface area (Å²) in [6.45, 7) is 5.98. The summed E-state index contributed by atoms with van der Waals surface area (Å²) in [5.41, 5.74) is 2.32. The first-order valence-electron chi connectivity index (χ1n) is 10.7. The predicted molar refractivity (Wildman–Crippen MR) is 129 cm³/mol. The molecule has 1 aliphatic carbocycles. The molecule has 7 heteroatoms. The fraction of sp³-hybridized carbons (Fsp3) is 0.545. The Balaban J connectivity index is 0.00000240. The molecule has 0 amide bonds. The van der Waals surface area contributed by atoms with Crippen molar-refractivity contribution in [3.05, 3.63) is 48.5 Å². The molecule has 1 aromatic carbocycles. The van der Waals surface area contributed by atoms with E-state index in [0.717, 1.165) is 30.8 Å². The maximum absolute atomic E-state index is 4.88. The fourth-order valence-electron chi connectivity index (χ4n) is 4.48. The Bertz CT molecular complexity index is 769. The van der Waals surface area contributed by atoms with Crippen LogP contribution in [0.4, 0.5) is 0 Å². The van der Waals surface area contributed by atoms with Crippen LogP contribution < -0.4 is 10.6 Å². The van der Waals surface area contributed by atoms with Crippen LogP contribution >= 0.6 is 24.0 Å². The molecule has 1 saturated heterocycles. The van der Waals surface area contributed by atoms with Crippen molar-refractivity contribution in [3.8, 4) is 5.69 Å². The van der Waals surface area contributed by atoms with Gasteiger partial charge in [-0.3, -0.25) is 4.90 Å². The van der Waals surface area contributed by atoms with E-state index in [9.17, 15) is 0 Å². The highest BCUT2D eigenvalue weighted by Crippen LogP contribution is 2.26. The molecule has 2 fully saturated rings. The van der Waals surface area contributed by atoms with Gasteiger partial charge in [-0.05, 0) is 37.8 Å². The van der Waals surface area contributed by atoms with Crippen LogP contribution in [0.15, 0.2) is 48.0 Å². The second-order valence-corrected chi connectivity index (χ2v) is 7.86. The summed E-state index contributed by atoms with van der Waals surface area (Å²) < 4.78 is 2.04. The van der Waals surface area contributed by atoms with Crippen molar-refractivity contribution >= 4 is 29.9 Å². The maximum atomic E-state index is 4.88. The van der Waals surface area contributed by atoms with Gasteiger partial charge in [0.1, 0.15) is 0 Å². The SMILES string of the molecule is CCNC(=NCc1ccccc1-n1ccnc1)NC1CCN(C2CCCC2)C1.I. The molecule has 0 radical (unpaired) electrons. The van der Waals surface area contributed by atoms with E-state index in [2.05, 4.69) is 51.7 Å². The molecule has 29 heavy (non-hydrogen) atoms. The van der Waals surface area contributed by atoms with Gasteiger partial charge in [-0.1, -0.05) is 31.0 Å². The Hall–Kier alpha value is -1.61. The minimum Gasteiger partial charge on any atom is -0.357 e. The number of likely N-dealkylation sites (tertiary alicyclic amines) is 1. The van der Waals surface area contributed by atoms with Crippen molar-refractivity contribution < 1.29 is 0 Å². The quantitative estimate of drug-likeness (QED) is 0.356. The first-order valence-corrected chi connectivity index (χ1v) is 10.7. The van der Waals surface area contributed by atoms with E-state index in [1.54, 1.807) is 0 Å². The van der Waals surface area contributed by atoms with Gasteiger partial charge in [-0.15, -0.1) is 24.0 Å². The summed E-state index contributed by atoms with van der Waals surface area (Å²) in [5, 5.41) is 7.09. The molecular weight excluding hydrogens is 475 g/mol. The molecule has 0 spiro atoms. The van der Waals surface area contributed by atoms with Gasteiger partial charge in [0, 0.05) is 44.1 Å². The maximum Gasteiger partial charge on any atom is 0.191 e. The summed E-state index contributed by atoms with van der Waals surface area (Å²) in [4.78, 5) is 11.7. The van der Waals surface area contributed by atoms with Gasteiger partial charge in [0.15, 0.2) is 5.96 Å². The van der Waals surface area contributed by atoms with Gasteiger partial charge in [0.25, 0.3) is 0 Å². The van der Waals surface area contributed by atoms with Gasteiger partial charge >= 0.3 is 0 Å². The van der Waals surface area contributed by atoms with E-state index in [1.165, 1.54) is 44.2 Å². The first kappa shape index (κ1) is 22.1. The molecule has 1 aliphatic heterocycles. The Labute approximate surface area is 191 Å². The summed E-state index contributed by atoms with van der Waals surface area (Å²) in [7, 11) is 0. The third kappa shape index (κ3) is 5.72. The van der Waals surface area contributed by atoms with Gasteiger partial charge in [0.05, 0.1) is 18.6 Å². The average molecular weight is 508 g/mol. The van der Waals surface area contributed by atoms with Gasteiger partial charge < -0.3 is 15.2 Å². The second-order valence-electron chi connectivity index (χ2n) is 7.86. The van der Waals surface area contributed by atoms with E-state index < -0.39 is 0 Å². The number of benzene rings is 1. The standard InChI is InChI=1S/C22H32N6.HI/c1-2-24-22(26-19-11-13-27(16-19)20-8-4-5-9-20)25-15-18-7-3-6-10-21(18)28-14-12-23-17-28;/h3,6-7,10,12,14,17,19-20H,2,4-5,8-9,11,13,15-16H2,1H3,(H2,24,25,26);1H. The lowest BCUT2D eigenvalue weighted by Gasteiger charge is -2.24. The van der Waals surface area contributed by atoms with E-state index in [4.69, 9.17) is 4.99 Å². The molecule has 1 aromatic heterocycles. The van der Waals surface area contributed by atoms with Gasteiger partial charge in [-0.2, -0.15) is 0 Å². The van der Waals surface area contributed by atoms with Crippen LogP contribution in [0.25, 0.3) is 5.69 Å². The summed E-state index contributed by atoms with van der Waals surface area (Å²) in [5.74, 6) is 0.918. The lowest BCUT2D eigenvalue weighted by atomic mass is 10.2.